The lowest BCUT2D eigenvalue weighted by Gasteiger charge is -2.22. The van der Waals surface area contributed by atoms with Gasteiger partial charge in [0.25, 0.3) is 0 Å². The Kier molecular flexibility index (Phi) is 8.33. The summed E-state index contributed by atoms with van der Waals surface area (Å²) in [5, 5.41) is 0. The minimum Gasteiger partial charge on any atom is -0.491 e. The summed E-state index contributed by atoms with van der Waals surface area (Å²) in [4.78, 5) is 0. The van der Waals surface area contributed by atoms with Crippen LogP contribution >= 0.6 is 0 Å². The van der Waals surface area contributed by atoms with Gasteiger partial charge < -0.3 is 4.74 Å². The van der Waals surface area contributed by atoms with E-state index in [4.69, 9.17) is 4.74 Å². The molecule has 0 aliphatic heterocycles. The van der Waals surface area contributed by atoms with Gasteiger partial charge in [0.2, 0.25) is 0 Å². The third-order valence-corrected chi connectivity index (χ3v) is 6.93. The Morgan fingerprint density at radius 1 is 0.857 bits per heavy atom. The van der Waals surface area contributed by atoms with Crippen molar-refractivity contribution in [3.63, 3.8) is 0 Å². The molecule has 3 aromatic rings. The molecular weight excluding hydrogens is 445 g/mol. The van der Waals surface area contributed by atoms with Gasteiger partial charge in [0.1, 0.15) is 0 Å². The molecule has 0 radical (unpaired) electrons. The van der Waals surface area contributed by atoms with E-state index in [-0.39, 0.29) is 11.6 Å². The molecule has 0 heterocycles. The minimum absolute atomic E-state index is 0.244. The highest BCUT2D eigenvalue weighted by Crippen LogP contribution is 2.34. The van der Waals surface area contributed by atoms with Crippen LogP contribution in [0.2, 0.25) is 0 Å². The Bertz CT molecular complexity index is 1180. The Morgan fingerprint density at radius 2 is 1.63 bits per heavy atom. The quantitative estimate of drug-likeness (QED) is 0.298. The summed E-state index contributed by atoms with van der Waals surface area (Å²) in [7, 11) is 0. The van der Waals surface area contributed by atoms with E-state index >= 15 is 0 Å². The van der Waals surface area contributed by atoms with Gasteiger partial charge in [0, 0.05) is 5.56 Å². The van der Waals surface area contributed by atoms with Gasteiger partial charge in [-0.3, -0.25) is 0 Å². The van der Waals surface area contributed by atoms with Gasteiger partial charge in [-0.1, -0.05) is 68.3 Å². The van der Waals surface area contributed by atoms with Gasteiger partial charge >= 0.3 is 0 Å². The zero-order chi connectivity index (χ0) is 24.8. The van der Waals surface area contributed by atoms with Crippen LogP contribution in [-0.2, 0) is 12.8 Å². The molecule has 0 bridgehead atoms. The number of aryl methyl sites for hydroxylation is 2. The summed E-state index contributed by atoms with van der Waals surface area (Å²) in [6.45, 7) is 4.41. The average molecular weight is 479 g/mol. The second-order valence-electron chi connectivity index (χ2n) is 9.33. The molecule has 0 saturated carbocycles. The molecule has 4 rings (SSSR count). The van der Waals surface area contributed by atoms with Gasteiger partial charge in [-0.2, -0.15) is 0 Å². The Balaban J connectivity index is 1.41. The number of hydrogen-bond donors (Lipinski definition) is 0. The molecule has 4 heteroatoms. The normalized spacial score (nSPS) is 15.7. The number of hydrogen-bond acceptors (Lipinski definition) is 1. The number of rotatable bonds is 9. The van der Waals surface area contributed by atoms with Crippen LogP contribution in [0.4, 0.5) is 13.2 Å². The highest BCUT2D eigenvalue weighted by molar-refractivity contribution is 5.67. The van der Waals surface area contributed by atoms with Crippen molar-refractivity contribution >= 4 is 5.57 Å². The number of halogens is 3. The first-order valence-electron chi connectivity index (χ1n) is 12.7. The number of benzene rings is 3. The van der Waals surface area contributed by atoms with E-state index in [2.05, 4.69) is 13.0 Å². The van der Waals surface area contributed by atoms with E-state index in [0.717, 1.165) is 47.9 Å². The fraction of sp³-hybridized carbons (Fsp3) is 0.355. The van der Waals surface area contributed by atoms with Crippen molar-refractivity contribution < 1.29 is 17.9 Å². The molecule has 3 aromatic carbocycles. The van der Waals surface area contributed by atoms with Crippen LogP contribution in [0.5, 0.6) is 5.75 Å². The lowest BCUT2D eigenvalue weighted by Crippen LogP contribution is -2.07. The SMILES string of the molecule is CCCC1CC=C(c2ccc(CCc3ccc(-c4ccc(OCC)c(F)c4)cc3)c(F)c2F)CC1. The van der Waals surface area contributed by atoms with Crippen LogP contribution in [0.3, 0.4) is 0 Å². The first kappa shape index (κ1) is 25.1. The van der Waals surface area contributed by atoms with Crippen molar-refractivity contribution in [1.29, 1.82) is 0 Å². The smallest absolute Gasteiger partial charge is 0.166 e. The zero-order valence-electron chi connectivity index (χ0n) is 20.5. The molecule has 1 aliphatic rings. The molecule has 1 nitrogen and oxygen atoms in total. The molecule has 1 unspecified atom stereocenters. The monoisotopic (exact) mass is 478 g/mol. The molecule has 35 heavy (non-hydrogen) atoms. The molecule has 0 spiro atoms. The summed E-state index contributed by atoms with van der Waals surface area (Å²) in [6, 6.07) is 16.1. The molecule has 1 aliphatic carbocycles. The standard InChI is InChI=1S/C31H33F3O/c1-3-5-21-8-13-24(14-9-21)27-18-16-25(30(33)31(27)34)15-10-22-6-11-23(12-7-22)26-17-19-29(35-4-2)28(32)20-26/h6-7,11-13,16-21H,3-5,8-10,14-15H2,1-2H3. The first-order chi connectivity index (χ1) is 17.0. The third-order valence-electron chi connectivity index (χ3n) is 6.93. The van der Waals surface area contributed by atoms with Crippen LogP contribution < -0.4 is 4.74 Å². The van der Waals surface area contributed by atoms with Crippen molar-refractivity contribution in [3.05, 3.63) is 94.8 Å². The maximum absolute atomic E-state index is 14.9. The van der Waals surface area contributed by atoms with Crippen LogP contribution in [0.15, 0.2) is 60.7 Å². The van der Waals surface area contributed by atoms with E-state index in [1.807, 2.05) is 37.3 Å². The molecule has 0 amide bonds. The molecule has 0 N–H and O–H groups in total. The highest BCUT2D eigenvalue weighted by atomic mass is 19.2. The van der Waals surface area contributed by atoms with Crippen molar-refractivity contribution in [2.45, 2.75) is 58.8 Å². The highest BCUT2D eigenvalue weighted by Gasteiger charge is 2.20. The molecule has 0 saturated heterocycles. The van der Waals surface area contributed by atoms with Crippen LogP contribution in [0, 0.1) is 23.4 Å². The molecule has 1 atom stereocenters. The van der Waals surface area contributed by atoms with Gasteiger partial charge in [0.05, 0.1) is 6.61 Å². The fourth-order valence-corrected chi connectivity index (χ4v) is 4.93. The maximum atomic E-state index is 14.9. The summed E-state index contributed by atoms with van der Waals surface area (Å²) in [6.07, 6.45) is 8.26. The largest absolute Gasteiger partial charge is 0.491 e. The second kappa shape index (κ2) is 11.6. The van der Waals surface area contributed by atoms with Gasteiger partial charge in [-0.15, -0.1) is 0 Å². The Labute approximate surface area is 206 Å². The minimum atomic E-state index is -0.736. The van der Waals surface area contributed by atoms with E-state index in [1.165, 1.54) is 12.5 Å². The molecule has 0 aromatic heterocycles. The maximum Gasteiger partial charge on any atom is 0.166 e. The van der Waals surface area contributed by atoms with Gasteiger partial charge in [0.15, 0.2) is 23.2 Å². The van der Waals surface area contributed by atoms with Crippen molar-refractivity contribution in [2.24, 2.45) is 5.92 Å². The second-order valence-corrected chi connectivity index (χ2v) is 9.33. The zero-order valence-corrected chi connectivity index (χ0v) is 20.5. The summed E-state index contributed by atoms with van der Waals surface area (Å²) >= 11 is 0. The van der Waals surface area contributed by atoms with Crippen molar-refractivity contribution in [3.8, 4) is 16.9 Å². The van der Waals surface area contributed by atoms with E-state index in [1.54, 1.807) is 18.2 Å². The number of allylic oxidation sites excluding steroid dienone is 2. The molecule has 184 valence electrons. The van der Waals surface area contributed by atoms with Crippen molar-refractivity contribution in [1.82, 2.24) is 0 Å². The van der Waals surface area contributed by atoms with Crippen LogP contribution in [0.25, 0.3) is 16.7 Å². The lowest BCUT2D eigenvalue weighted by molar-refractivity contribution is 0.321. The van der Waals surface area contributed by atoms with E-state index in [9.17, 15) is 13.2 Å². The first-order valence-corrected chi connectivity index (χ1v) is 12.7. The van der Waals surface area contributed by atoms with Gasteiger partial charge in [-0.25, -0.2) is 13.2 Å². The summed E-state index contributed by atoms with van der Waals surface area (Å²) in [5.74, 6) is -0.945. The third kappa shape index (κ3) is 5.98. The summed E-state index contributed by atoms with van der Waals surface area (Å²) in [5.41, 5.74) is 4.40. The average Bonchev–Trinajstić information content (AvgIpc) is 2.87. The molecule has 0 fully saturated rings. The summed E-state index contributed by atoms with van der Waals surface area (Å²) < 4.78 is 49.2. The number of ether oxygens (including phenoxy) is 1. The Morgan fingerprint density at radius 3 is 2.29 bits per heavy atom. The van der Waals surface area contributed by atoms with E-state index in [0.29, 0.717) is 36.5 Å². The lowest BCUT2D eigenvalue weighted by atomic mass is 9.84. The van der Waals surface area contributed by atoms with Crippen LogP contribution in [-0.4, -0.2) is 6.61 Å². The predicted octanol–water partition coefficient (Wildman–Crippen LogP) is 8.94. The predicted molar refractivity (Wildman–Crippen MR) is 137 cm³/mol. The fourth-order valence-electron chi connectivity index (χ4n) is 4.93. The van der Waals surface area contributed by atoms with Gasteiger partial charge in [-0.05, 0) is 84.9 Å². The Hall–Kier alpha value is -3.01. The van der Waals surface area contributed by atoms with Crippen LogP contribution in [0.1, 0.15) is 62.6 Å². The van der Waals surface area contributed by atoms with E-state index < -0.39 is 11.6 Å². The van der Waals surface area contributed by atoms with Crippen molar-refractivity contribution in [2.75, 3.05) is 6.61 Å². The topological polar surface area (TPSA) is 9.23 Å². The molecular formula is C31H33F3O.